The normalized spacial score (nSPS) is 23.6. The number of rotatable bonds is 1. The third kappa shape index (κ3) is 2.69. The van der Waals surface area contributed by atoms with Gasteiger partial charge in [-0.1, -0.05) is 37.8 Å². The molecule has 148 valence electrons. The summed E-state index contributed by atoms with van der Waals surface area (Å²) in [7, 11) is 0. The molecule has 28 heavy (non-hydrogen) atoms. The average molecular weight is 402 g/mol. The standard InChI is InChI=1S/C21H24ClN3O3/c1-12-5-8-25(11-12)19(26)15-10-13-9-14(22)17-16(18(13)28-15)21(24-20(27)23-17)6-3-2-4-7-21/h9-10,12H,2-8,11H2,1H3,(H2,23,24,27). The van der Waals surface area contributed by atoms with E-state index in [1.54, 1.807) is 12.1 Å². The van der Waals surface area contributed by atoms with Crippen LogP contribution in [0.4, 0.5) is 10.5 Å². The topological polar surface area (TPSA) is 74.6 Å². The summed E-state index contributed by atoms with van der Waals surface area (Å²) in [5.74, 6) is 0.785. The molecule has 7 heteroatoms. The smallest absolute Gasteiger partial charge is 0.319 e. The number of halogens is 1. The maximum absolute atomic E-state index is 12.9. The second kappa shape index (κ2) is 6.41. The lowest BCUT2D eigenvalue weighted by Crippen LogP contribution is -2.52. The van der Waals surface area contributed by atoms with Crippen molar-refractivity contribution in [1.29, 1.82) is 0 Å². The summed E-state index contributed by atoms with van der Waals surface area (Å²) >= 11 is 6.54. The summed E-state index contributed by atoms with van der Waals surface area (Å²) < 4.78 is 6.15. The molecule has 1 spiro atoms. The van der Waals surface area contributed by atoms with Crippen molar-refractivity contribution in [1.82, 2.24) is 10.2 Å². The Hall–Kier alpha value is -2.21. The number of benzene rings is 1. The highest BCUT2D eigenvalue weighted by atomic mass is 35.5. The summed E-state index contributed by atoms with van der Waals surface area (Å²) in [6.45, 7) is 3.68. The molecule has 3 heterocycles. The fraction of sp³-hybridized carbons (Fsp3) is 0.524. The Labute approximate surface area is 168 Å². The van der Waals surface area contributed by atoms with Crippen LogP contribution in [0.15, 0.2) is 16.5 Å². The number of hydrogen-bond acceptors (Lipinski definition) is 3. The van der Waals surface area contributed by atoms with Crippen LogP contribution in [0.1, 0.15) is 61.6 Å². The van der Waals surface area contributed by atoms with Crippen molar-refractivity contribution in [2.75, 3.05) is 18.4 Å². The number of nitrogens with one attached hydrogen (secondary N) is 2. The van der Waals surface area contributed by atoms with E-state index < -0.39 is 5.54 Å². The predicted molar refractivity (Wildman–Crippen MR) is 108 cm³/mol. The number of nitrogens with zero attached hydrogens (tertiary/aromatic N) is 1. The van der Waals surface area contributed by atoms with Crippen LogP contribution >= 0.6 is 11.6 Å². The van der Waals surface area contributed by atoms with E-state index in [9.17, 15) is 9.59 Å². The van der Waals surface area contributed by atoms with Crippen molar-refractivity contribution in [3.05, 3.63) is 28.5 Å². The zero-order valence-corrected chi connectivity index (χ0v) is 16.7. The molecule has 2 N–H and O–H groups in total. The molecule has 2 fully saturated rings. The quantitative estimate of drug-likeness (QED) is 0.716. The Morgan fingerprint density at radius 2 is 2.07 bits per heavy atom. The van der Waals surface area contributed by atoms with Crippen LogP contribution < -0.4 is 10.6 Å². The molecule has 2 aromatic rings. The molecule has 0 radical (unpaired) electrons. The summed E-state index contributed by atoms with van der Waals surface area (Å²) in [5, 5.41) is 7.29. The van der Waals surface area contributed by atoms with Gasteiger partial charge in [0, 0.05) is 24.0 Å². The van der Waals surface area contributed by atoms with Gasteiger partial charge in [0.15, 0.2) is 5.76 Å². The van der Waals surface area contributed by atoms with Gasteiger partial charge in [-0.3, -0.25) is 4.79 Å². The van der Waals surface area contributed by atoms with Crippen LogP contribution in [0, 0.1) is 5.92 Å². The molecular weight excluding hydrogens is 378 g/mol. The van der Waals surface area contributed by atoms with Crippen molar-refractivity contribution in [3.63, 3.8) is 0 Å². The third-order valence-electron chi connectivity index (χ3n) is 6.46. The largest absolute Gasteiger partial charge is 0.450 e. The monoisotopic (exact) mass is 401 g/mol. The Bertz CT molecular complexity index is 977. The highest BCUT2D eigenvalue weighted by Crippen LogP contribution is 2.49. The number of carbonyl (C=O) groups excluding carboxylic acids is 2. The molecule has 2 aliphatic heterocycles. The minimum atomic E-state index is -0.487. The number of furan rings is 1. The van der Waals surface area contributed by atoms with Gasteiger partial charge < -0.3 is 20.0 Å². The number of anilines is 1. The van der Waals surface area contributed by atoms with E-state index in [1.165, 1.54) is 0 Å². The number of fused-ring (bicyclic) bond motifs is 4. The van der Waals surface area contributed by atoms with Crippen LogP contribution in [0.25, 0.3) is 11.0 Å². The second-order valence-corrected chi connectivity index (χ2v) is 8.91. The molecule has 1 saturated carbocycles. The van der Waals surface area contributed by atoms with Gasteiger partial charge in [-0.05, 0) is 37.3 Å². The Kier molecular flexibility index (Phi) is 4.09. The maximum Gasteiger partial charge on any atom is 0.319 e. The maximum atomic E-state index is 12.9. The molecule has 1 aromatic carbocycles. The van der Waals surface area contributed by atoms with E-state index >= 15 is 0 Å². The van der Waals surface area contributed by atoms with Gasteiger partial charge >= 0.3 is 6.03 Å². The van der Waals surface area contributed by atoms with Gasteiger partial charge in [0.2, 0.25) is 0 Å². The molecule has 1 atom stereocenters. The third-order valence-corrected chi connectivity index (χ3v) is 6.76. The lowest BCUT2D eigenvalue weighted by molar-refractivity contribution is 0.0758. The van der Waals surface area contributed by atoms with Gasteiger partial charge in [-0.25, -0.2) is 4.79 Å². The summed E-state index contributed by atoms with van der Waals surface area (Å²) in [5.41, 5.74) is 1.68. The molecule has 5 rings (SSSR count). The zero-order chi connectivity index (χ0) is 19.5. The fourth-order valence-corrected chi connectivity index (χ4v) is 5.32. The first-order valence-corrected chi connectivity index (χ1v) is 10.5. The molecular formula is C21H24ClN3O3. The molecule has 1 aliphatic carbocycles. The van der Waals surface area contributed by atoms with Gasteiger partial charge in [-0.15, -0.1) is 0 Å². The molecule has 0 bridgehead atoms. The van der Waals surface area contributed by atoms with Crippen molar-refractivity contribution in [3.8, 4) is 0 Å². The minimum absolute atomic E-state index is 0.0732. The van der Waals surface area contributed by atoms with E-state index in [0.717, 1.165) is 62.6 Å². The molecule has 1 aromatic heterocycles. The van der Waals surface area contributed by atoms with E-state index in [2.05, 4.69) is 17.6 Å². The zero-order valence-electron chi connectivity index (χ0n) is 15.9. The van der Waals surface area contributed by atoms with Crippen LogP contribution in [-0.4, -0.2) is 29.9 Å². The van der Waals surface area contributed by atoms with Gasteiger partial charge in [0.1, 0.15) is 5.58 Å². The van der Waals surface area contributed by atoms with Crippen LogP contribution in [0.2, 0.25) is 5.02 Å². The molecule has 6 nitrogen and oxygen atoms in total. The van der Waals surface area contributed by atoms with E-state index in [4.69, 9.17) is 16.0 Å². The first-order chi connectivity index (χ1) is 13.5. The van der Waals surface area contributed by atoms with E-state index in [1.807, 2.05) is 4.90 Å². The van der Waals surface area contributed by atoms with Crippen molar-refractivity contribution in [2.45, 2.75) is 51.0 Å². The number of urea groups is 1. The number of hydrogen-bond donors (Lipinski definition) is 2. The lowest BCUT2D eigenvalue weighted by atomic mass is 9.74. The van der Waals surface area contributed by atoms with Gasteiger partial charge in [0.05, 0.1) is 16.2 Å². The summed E-state index contributed by atoms with van der Waals surface area (Å²) in [4.78, 5) is 27.1. The van der Waals surface area contributed by atoms with Crippen LogP contribution in [-0.2, 0) is 5.54 Å². The van der Waals surface area contributed by atoms with Crippen LogP contribution in [0.5, 0.6) is 0 Å². The second-order valence-electron chi connectivity index (χ2n) is 8.50. The molecule has 3 amide bonds. The van der Waals surface area contributed by atoms with Crippen LogP contribution in [0.3, 0.4) is 0 Å². The van der Waals surface area contributed by atoms with Gasteiger partial charge in [0.25, 0.3) is 5.91 Å². The van der Waals surface area contributed by atoms with E-state index in [-0.39, 0.29) is 11.9 Å². The van der Waals surface area contributed by atoms with E-state index in [0.29, 0.717) is 28.0 Å². The van der Waals surface area contributed by atoms with Gasteiger partial charge in [-0.2, -0.15) is 0 Å². The SMILES string of the molecule is CC1CCN(C(=O)c2cc3cc(Cl)c4c(c3o2)C2(CCCCC2)NC(=O)N4)C1. The Morgan fingerprint density at radius 3 is 2.79 bits per heavy atom. The minimum Gasteiger partial charge on any atom is -0.450 e. The first kappa shape index (κ1) is 17.9. The summed E-state index contributed by atoms with van der Waals surface area (Å²) in [6.07, 6.45) is 5.93. The Balaban J connectivity index is 1.65. The Morgan fingerprint density at radius 1 is 1.29 bits per heavy atom. The van der Waals surface area contributed by atoms with Crippen molar-refractivity contribution >= 4 is 40.2 Å². The number of amides is 3. The highest BCUT2D eigenvalue weighted by molar-refractivity contribution is 6.35. The fourth-order valence-electron chi connectivity index (χ4n) is 5.06. The number of carbonyl (C=O) groups is 2. The molecule has 3 aliphatic rings. The summed E-state index contributed by atoms with van der Waals surface area (Å²) in [6, 6.07) is 3.34. The first-order valence-electron chi connectivity index (χ1n) is 10.1. The van der Waals surface area contributed by atoms with Crippen molar-refractivity contribution < 1.29 is 14.0 Å². The average Bonchev–Trinajstić information content (AvgIpc) is 3.28. The van der Waals surface area contributed by atoms with Crippen molar-refractivity contribution in [2.24, 2.45) is 5.92 Å². The highest BCUT2D eigenvalue weighted by Gasteiger charge is 2.44. The number of likely N-dealkylation sites (tertiary alicyclic amines) is 1. The predicted octanol–water partition coefficient (Wildman–Crippen LogP) is 4.86. The lowest BCUT2D eigenvalue weighted by Gasteiger charge is -2.42. The molecule has 1 saturated heterocycles. The molecule has 1 unspecified atom stereocenters.